The van der Waals surface area contributed by atoms with Gasteiger partial charge < -0.3 is 20.3 Å². The second-order valence-corrected chi connectivity index (χ2v) is 9.77. The summed E-state index contributed by atoms with van der Waals surface area (Å²) >= 11 is 5.96. The molecule has 0 saturated heterocycles. The smallest absolute Gasteiger partial charge is 0.206 e. The van der Waals surface area contributed by atoms with Crippen LogP contribution in [0, 0.1) is 0 Å². The number of rotatable bonds is 10. The van der Waals surface area contributed by atoms with Crippen molar-refractivity contribution in [2.24, 2.45) is 0 Å². The van der Waals surface area contributed by atoms with Gasteiger partial charge in [-0.15, -0.1) is 0 Å². The summed E-state index contributed by atoms with van der Waals surface area (Å²) in [7, 11) is -2.11. The van der Waals surface area contributed by atoms with Crippen LogP contribution in [-0.4, -0.2) is 44.9 Å². The van der Waals surface area contributed by atoms with Crippen LogP contribution < -0.4 is 10.1 Å². The van der Waals surface area contributed by atoms with Crippen LogP contribution >= 0.6 is 11.6 Å². The molecule has 0 aliphatic heterocycles. The van der Waals surface area contributed by atoms with Gasteiger partial charge in [-0.25, -0.2) is 8.42 Å². The first-order valence-electron chi connectivity index (χ1n) is 10.1. The van der Waals surface area contributed by atoms with Gasteiger partial charge in [0.25, 0.3) is 0 Å². The molecule has 6 nitrogen and oxygen atoms in total. The summed E-state index contributed by atoms with van der Waals surface area (Å²) in [5, 5.41) is 23.8. The molecule has 0 heterocycles. The normalized spacial score (nSPS) is 13.5. The average Bonchev–Trinajstić information content (AvgIpc) is 2.81. The summed E-state index contributed by atoms with van der Waals surface area (Å²) < 4.78 is 30.7. The summed E-state index contributed by atoms with van der Waals surface area (Å²) in [5.41, 5.74) is 1.55. The van der Waals surface area contributed by atoms with Crippen LogP contribution in [0.25, 0.3) is 0 Å². The third-order valence-electron chi connectivity index (χ3n) is 5.14. The lowest BCUT2D eigenvalue weighted by atomic mass is 10.1. The fourth-order valence-corrected chi connectivity index (χ4v) is 4.75. The number of halogens is 1. The number of aliphatic hydroxyl groups is 2. The summed E-state index contributed by atoms with van der Waals surface area (Å²) in [6.07, 6.45) is -0.290. The van der Waals surface area contributed by atoms with Gasteiger partial charge in [0, 0.05) is 17.6 Å². The van der Waals surface area contributed by atoms with Crippen LogP contribution in [0.15, 0.2) is 82.6 Å². The molecule has 0 unspecified atom stereocenters. The Morgan fingerprint density at radius 1 is 1.00 bits per heavy atom. The zero-order valence-electron chi connectivity index (χ0n) is 17.6. The topological polar surface area (TPSA) is 95.9 Å². The molecule has 0 fully saturated rings. The molecule has 0 aliphatic carbocycles. The van der Waals surface area contributed by atoms with E-state index in [1.165, 1.54) is 19.2 Å². The molecular weight excluding hydrogens is 450 g/mol. The number of hydrogen-bond acceptors (Lipinski definition) is 6. The highest BCUT2D eigenvalue weighted by atomic mass is 35.5. The highest BCUT2D eigenvalue weighted by Gasteiger charge is 2.18. The zero-order valence-corrected chi connectivity index (χ0v) is 19.2. The number of benzene rings is 3. The Bertz CT molecular complexity index is 1120. The summed E-state index contributed by atoms with van der Waals surface area (Å²) in [4.78, 5) is 0.382. The molecule has 170 valence electrons. The first-order valence-corrected chi connectivity index (χ1v) is 12.0. The lowest BCUT2D eigenvalue weighted by Gasteiger charge is -2.19. The summed E-state index contributed by atoms with van der Waals surface area (Å²) in [5.74, 6) is 0.585. The van der Waals surface area contributed by atoms with Gasteiger partial charge in [0.1, 0.15) is 5.75 Å². The molecule has 3 N–H and O–H groups in total. The van der Waals surface area contributed by atoms with Crippen LogP contribution in [-0.2, 0) is 16.3 Å². The quantitative estimate of drug-likeness (QED) is 0.416. The van der Waals surface area contributed by atoms with Gasteiger partial charge in [-0.1, -0.05) is 35.9 Å². The lowest BCUT2D eigenvalue weighted by Crippen LogP contribution is -2.37. The van der Waals surface area contributed by atoms with E-state index < -0.39 is 15.9 Å². The number of hydrogen-bond donors (Lipinski definition) is 3. The van der Waals surface area contributed by atoms with Gasteiger partial charge in [-0.05, 0) is 66.1 Å². The highest BCUT2D eigenvalue weighted by molar-refractivity contribution is 7.91. The van der Waals surface area contributed by atoms with Gasteiger partial charge in [0.15, 0.2) is 0 Å². The fraction of sp³-hybridized carbons (Fsp3) is 0.250. The van der Waals surface area contributed by atoms with Crippen molar-refractivity contribution in [2.45, 2.75) is 28.4 Å². The third kappa shape index (κ3) is 6.09. The van der Waals surface area contributed by atoms with Crippen molar-refractivity contribution in [1.29, 1.82) is 0 Å². The van der Waals surface area contributed by atoms with Crippen LogP contribution in [0.5, 0.6) is 5.75 Å². The first-order chi connectivity index (χ1) is 15.3. The van der Waals surface area contributed by atoms with Gasteiger partial charge in [0.05, 0.1) is 29.6 Å². The van der Waals surface area contributed by atoms with Crippen LogP contribution in [0.4, 0.5) is 0 Å². The van der Waals surface area contributed by atoms with Crippen molar-refractivity contribution >= 4 is 21.4 Å². The van der Waals surface area contributed by atoms with E-state index in [9.17, 15) is 18.6 Å². The maximum Gasteiger partial charge on any atom is 0.206 e. The molecule has 8 heteroatoms. The van der Waals surface area contributed by atoms with Crippen molar-refractivity contribution in [2.75, 3.05) is 20.3 Å². The predicted molar refractivity (Wildman–Crippen MR) is 124 cm³/mol. The molecular formula is C24H26ClNO5S. The zero-order chi connectivity index (χ0) is 23.1. The first kappa shape index (κ1) is 24.2. The second-order valence-electron chi connectivity index (χ2n) is 7.39. The molecule has 0 amide bonds. The highest BCUT2D eigenvalue weighted by Crippen LogP contribution is 2.24. The van der Waals surface area contributed by atoms with Crippen molar-refractivity contribution in [3.8, 4) is 5.75 Å². The van der Waals surface area contributed by atoms with E-state index in [4.69, 9.17) is 16.3 Å². The molecule has 0 aromatic heterocycles. The van der Waals surface area contributed by atoms with E-state index >= 15 is 0 Å². The molecule has 0 radical (unpaired) electrons. The van der Waals surface area contributed by atoms with Crippen LogP contribution in [0.2, 0.25) is 5.02 Å². The van der Waals surface area contributed by atoms with Crippen molar-refractivity contribution in [3.05, 3.63) is 88.9 Å². The lowest BCUT2D eigenvalue weighted by molar-refractivity contribution is 0.158. The minimum atomic E-state index is -3.63. The van der Waals surface area contributed by atoms with Crippen molar-refractivity contribution < 1.29 is 23.4 Å². The summed E-state index contributed by atoms with van der Waals surface area (Å²) in [6, 6.07) is 19.5. The number of nitrogens with one attached hydrogen (secondary N) is 1. The van der Waals surface area contributed by atoms with E-state index in [1.54, 1.807) is 60.7 Å². The van der Waals surface area contributed by atoms with Crippen LogP contribution in [0.1, 0.15) is 17.2 Å². The number of methoxy groups -OCH3 is 1. The molecule has 0 spiro atoms. The van der Waals surface area contributed by atoms with E-state index in [0.29, 0.717) is 22.8 Å². The monoisotopic (exact) mass is 475 g/mol. The molecule has 0 aliphatic rings. The molecule has 3 aromatic carbocycles. The maximum absolute atomic E-state index is 12.8. The van der Waals surface area contributed by atoms with Gasteiger partial charge in [0.2, 0.25) is 9.84 Å². The third-order valence-corrected chi connectivity index (χ3v) is 7.16. The van der Waals surface area contributed by atoms with E-state index in [2.05, 4.69) is 5.32 Å². The van der Waals surface area contributed by atoms with Crippen molar-refractivity contribution in [1.82, 2.24) is 5.32 Å². The molecule has 0 bridgehead atoms. The molecule has 3 aromatic rings. The Hall–Kier alpha value is -2.42. The minimum absolute atomic E-state index is 0.131. The molecule has 2 atom stereocenters. The number of ether oxygens (including phenoxy) is 1. The number of sulfone groups is 1. The maximum atomic E-state index is 12.8. The minimum Gasteiger partial charge on any atom is -0.497 e. The second kappa shape index (κ2) is 10.9. The van der Waals surface area contributed by atoms with E-state index in [1.807, 2.05) is 0 Å². The van der Waals surface area contributed by atoms with E-state index in [0.717, 1.165) is 5.56 Å². The Balaban J connectivity index is 1.63. The average molecular weight is 476 g/mol. The number of aliphatic hydroxyl groups excluding tert-OH is 2. The van der Waals surface area contributed by atoms with E-state index in [-0.39, 0.29) is 29.0 Å². The summed E-state index contributed by atoms with van der Waals surface area (Å²) in [6.45, 7) is 0.115. The predicted octanol–water partition coefficient (Wildman–Crippen LogP) is 3.41. The Morgan fingerprint density at radius 2 is 1.62 bits per heavy atom. The molecule has 3 rings (SSSR count). The van der Waals surface area contributed by atoms with Crippen LogP contribution in [0.3, 0.4) is 0 Å². The Kier molecular flexibility index (Phi) is 8.28. The molecule has 0 saturated carbocycles. The Morgan fingerprint density at radius 3 is 2.19 bits per heavy atom. The largest absolute Gasteiger partial charge is 0.497 e. The van der Waals surface area contributed by atoms with Gasteiger partial charge in [-0.2, -0.15) is 0 Å². The van der Waals surface area contributed by atoms with Gasteiger partial charge in [-0.3, -0.25) is 0 Å². The standard InChI is InChI=1S/C24H26ClNO5S/c1-31-21-7-11-23(12-8-21)32(29,30)22-9-5-17(6-10-22)13-20(16-27)26-15-24(28)18-3-2-4-19(25)14-18/h2-12,14,20,24,26-28H,13,15-16H2,1H3/t20-,24+/m0/s1. The Labute approximate surface area is 193 Å². The fourth-order valence-electron chi connectivity index (χ4n) is 3.29. The SMILES string of the molecule is COc1ccc(S(=O)(=O)c2ccc(C[C@@H](CO)NC[C@@H](O)c3cccc(Cl)c3)cc2)cc1. The van der Waals surface area contributed by atoms with Gasteiger partial charge >= 0.3 is 0 Å². The molecule has 32 heavy (non-hydrogen) atoms. The van der Waals surface area contributed by atoms with Crippen molar-refractivity contribution in [3.63, 3.8) is 0 Å².